The number of halogens is 1. The molecule has 0 amide bonds. The van der Waals surface area contributed by atoms with Gasteiger partial charge in [0.2, 0.25) is 5.95 Å². The molecule has 0 aliphatic rings. The highest BCUT2D eigenvalue weighted by molar-refractivity contribution is 5.91. The average molecular weight is 291 g/mol. The number of nitrogens with one attached hydrogen (secondary N) is 1. The molecule has 6 heteroatoms. The Hall–Kier alpha value is -3.15. The van der Waals surface area contributed by atoms with Crippen molar-refractivity contribution in [2.24, 2.45) is 0 Å². The van der Waals surface area contributed by atoms with E-state index in [1.165, 1.54) is 12.3 Å². The molecule has 0 radical (unpaired) electrons. The second-order valence-electron chi connectivity index (χ2n) is 4.76. The summed E-state index contributed by atoms with van der Waals surface area (Å²) in [5.41, 5.74) is 4.72. The molecular formula is C16H10FN5. The SMILES string of the molecule is Fc1ccc(-c2c[nH]c3ncc(-c4ccncc4)nc23)cn1. The monoisotopic (exact) mass is 291 g/mol. The number of H-pyrrole nitrogens is 1. The van der Waals surface area contributed by atoms with Gasteiger partial charge in [-0.3, -0.25) is 4.98 Å². The molecule has 4 aromatic heterocycles. The minimum atomic E-state index is -0.507. The maximum atomic E-state index is 13.0. The summed E-state index contributed by atoms with van der Waals surface area (Å²) in [7, 11) is 0. The van der Waals surface area contributed by atoms with Gasteiger partial charge in [0.25, 0.3) is 0 Å². The Morgan fingerprint density at radius 2 is 1.77 bits per heavy atom. The third kappa shape index (κ3) is 2.10. The lowest BCUT2D eigenvalue weighted by Gasteiger charge is -2.02. The van der Waals surface area contributed by atoms with Crippen LogP contribution >= 0.6 is 0 Å². The summed E-state index contributed by atoms with van der Waals surface area (Å²) < 4.78 is 13.0. The molecule has 0 atom stereocenters. The van der Waals surface area contributed by atoms with Crippen LogP contribution in [0.25, 0.3) is 33.5 Å². The summed E-state index contributed by atoms with van der Waals surface area (Å²) in [6.45, 7) is 0. The Balaban J connectivity index is 1.88. The number of pyridine rings is 2. The molecule has 0 aromatic carbocycles. The van der Waals surface area contributed by atoms with Crippen LogP contribution in [0.1, 0.15) is 0 Å². The fraction of sp³-hybridized carbons (Fsp3) is 0. The Morgan fingerprint density at radius 1 is 0.909 bits per heavy atom. The molecule has 5 nitrogen and oxygen atoms in total. The van der Waals surface area contributed by atoms with Crippen LogP contribution in [0.2, 0.25) is 0 Å². The molecule has 0 unspecified atom stereocenters. The standard InChI is InChI=1S/C16H10FN5/c17-14-2-1-11(7-19-14)12-8-20-16-15(12)22-13(9-21-16)10-3-5-18-6-4-10/h1-9H,(H,20,21). The Labute approximate surface area is 124 Å². The van der Waals surface area contributed by atoms with Gasteiger partial charge in [0.1, 0.15) is 5.52 Å². The first kappa shape index (κ1) is 12.6. The zero-order chi connectivity index (χ0) is 14.9. The van der Waals surface area contributed by atoms with Gasteiger partial charge in [-0.15, -0.1) is 0 Å². The largest absolute Gasteiger partial charge is 0.344 e. The lowest BCUT2D eigenvalue weighted by Crippen LogP contribution is -1.89. The molecule has 0 aliphatic carbocycles. The molecule has 0 spiro atoms. The second-order valence-corrected chi connectivity index (χ2v) is 4.76. The van der Waals surface area contributed by atoms with E-state index in [0.29, 0.717) is 5.65 Å². The van der Waals surface area contributed by atoms with Gasteiger partial charge in [0.15, 0.2) is 5.65 Å². The predicted octanol–water partition coefficient (Wildman–Crippen LogP) is 3.22. The van der Waals surface area contributed by atoms with Gasteiger partial charge in [0.05, 0.1) is 11.9 Å². The van der Waals surface area contributed by atoms with Crippen molar-refractivity contribution in [2.45, 2.75) is 0 Å². The van der Waals surface area contributed by atoms with Crippen molar-refractivity contribution >= 4 is 11.2 Å². The van der Waals surface area contributed by atoms with Crippen LogP contribution in [0.15, 0.2) is 55.2 Å². The lowest BCUT2D eigenvalue weighted by atomic mass is 10.1. The number of nitrogens with zero attached hydrogens (tertiary/aromatic N) is 4. The first-order valence-electron chi connectivity index (χ1n) is 6.68. The van der Waals surface area contributed by atoms with Gasteiger partial charge in [-0.05, 0) is 24.3 Å². The quantitative estimate of drug-likeness (QED) is 0.576. The van der Waals surface area contributed by atoms with Gasteiger partial charge >= 0.3 is 0 Å². The number of aromatic amines is 1. The van der Waals surface area contributed by atoms with E-state index in [1.54, 1.807) is 30.9 Å². The van der Waals surface area contributed by atoms with E-state index in [4.69, 9.17) is 0 Å². The summed E-state index contributed by atoms with van der Waals surface area (Å²) >= 11 is 0. The second kappa shape index (κ2) is 5.00. The summed E-state index contributed by atoms with van der Waals surface area (Å²) in [5.74, 6) is -0.507. The van der Waals surface area contributed by atoms with Crippen LogP contribution in [0.3, 0.4) is 0 Å². The Morgan fingerprint density at radius 3 is 2.55 bits per heavy atom. The molecule has 4 rings (SSSR count). The molecule has 22 heavy (non-hydrogen) atoms. The summed E-state index contributed by atoms with van der Waals surface area (Å²) in [4.78, 5) is 19.8. The molecule has 1 N–H and O–H groups in total. The van der Waals surface area contributed by atoms with Crippen LogP contribution in [0.4, 0.5) is 4.39 Å². The number of hydrogen-bond acceptors (Lipinski definition) is 4. The maximum Gasteiger partial charge on any atom is 0.212 e. The summed E-state index contributed by atoms with van der Waals surface area (Å²) in [5, 5.41) is 0. The molecule has 0 bridgehead atoms. The van der Waals surface area contributed by atoms with E-state index >= 15 is 0 Å². The zero-order valence-electron chi connectivity index (χ0n) is 11.4. The molecule has 0 saturated heterocycles. The highest BCUT2D eigenvalue weighted by Gasteiger charge is 2.11. The number of fused-ring (bicyclic) bond motifs is 1. The van der Waals surface area contributed by atoms with Gasteiger partial charge in [-0.2, -0.15) is 4.39 Å². The maximum absolute atomic E-state index is 13.0. The first-order valence-corrected chi connectivity index (χ1v) is 6.68. The Bertz CT molecular complexity index is 932. The lowest BCUT2D eigenvalue weighted by molar-refractivity contribution is 0.584. The topological polar surface area (TPSA) is 67.3 Å². The highest BCUT2D eigenvalue weighted by atomic mass is 19.1. The van der Waals surface area contributed by atoms with Gasteiger partial charge in [-0.25, -0.2) is 15.0 Å². The first-order chi connectivity index (χ1) is 10.8. The normalized spacial score (nSPS) is 11.0. The van der Waals surface area contributed by atoms with Crippen molar-refractivity contribution in [3.05, 3.63) is 61.2 Å². The molecule has 0 fully saturated rings. The van der Waals surface area contributed by atoms with Crippen molar-refractivity contribution < 1.29 is 4.39 Å². The minimum absolute atomic E-state index is 0.507. The smallest absolute Gasteiger partial charge is 0.212 e. The Kier molecular flexibility index (Phi) is 2.86. The van der Waals surface area contributed by atoms with Crippen LogP contribution < -0.4 is 0 Å². The summed E-state index contributed by atoms with van der Waals surface area (Å²) in [6.07, 6.45) is 8.42. The molecule has 0 aliphatic heterocycles. The van der Waals surface area contributed by atoms with Gasteiger partial charge in [-0.1, -0.05) is 0 Å². The van der Waals surface area contributed by atoms with E-state index in [2.05, 4.69) is 24.9 Å². The molecule has 4 aromatic rings. The van der Waals surface area contributed by atoms with E-state index < -0.39 is 5.95 Å². The molecule has 4 heterocycles. The van der Waals surface area contributed by atoms with Crippen molar-refractivity contribution in [1.29, 1.82) is 0 Å². The average Bonchev–Trinajstić information content (AvgIpc) is 2.99. The predicted molar refractivity (Wildman–Crippen MR) is 80.3 cm³/mol. The fourth-order valence-electron chi connectivity index (χ4n) is 2.31. The fourth-order valence-corrected chi connectivity index (χ4v) is 2.31. The van der Waals surface area contributed by atoms with Gasteiger partial charge < -0.3 is 4.98 Å². The van der Waals surface area contributed by atoms with Crippen LogP contribution in [0.5, 0.6) is 0 Å². The van der Waals surface area contributed by atoms with Gasteiger partial charge in [0, 0.05) is 41.5 Å². The van der Waals surface area contributed by atoms with Crippen molar-refractivity contribution in [3.8, 4) is 22.4 Å². The third-order valence-corrected chi connectivity index (χ3v) is 3.40. The summed E-state index contributed by atoms with van der Waals surface area (Å²) in [6, 6.07) is 6.75. The third-order valence-electron chi connectivity index (χ3n) is 3.40. The van der Waals surface area contributed by atoms with E-state index in [0.717, 1.165) is 27.9 Å². The highest BCUT2D eigenvalue weighted by Crippen LogP contribution is 2.27. The van der Waals surface area contributed by atoms with E-state index in [9.17, 15) is 4.39 Å². The molecular weight excluding hydrogens is 281 g/mol. The van der Waals surface area contributed by atoms with Crippen LogP contribution in [0, 0.1) is 5.95 Å². The van der Waals surface area contributed by atoms with Crippen molar-refractivity contribution in [1.82, 2.24) is 24.9 Å². The number of hydrogen-bond donors (Lipinski definition) is 1. The number of rotatable bonds is 2. The van der Waals surface area contributed by atoms with Crippen molar-refractivity contribution in [2.75, 3.05) is 0 Å². The zero-order valence-corrected chi connectivity index (χ0v) is 11.4. The van der Waals surface area contributed by atoms with Crippen LogP contribution in [-0.4, -0.2) is 24.9 Å². The molecule has 0 saturated carbocycles. The molecule has 106 valence electrons. The minimum Gasteiger partial charge on any atom is -0.344 e. The van der Waals surface area contributed by atoms with E-state index in [1.807, 2.05) is 12.1 Å². The van der Waals surface area contributed by atoms with Crippen molar-refractivity contribution in [3.63, 3.8) is 0 Å². The van der Waals surface area contributed by atoms with Crippen LogP contribution in [-0.2, 0) is 0 Å². The number of aromatic nitrogens is 5. The van der Waals surface area contributed by atoms with E-state index in [-0.39, 0.29) is 0 Å².